The van der Waals surface area contributed by atoms with Crippen LogP contribution < -0.4 is 0 Å². The maximum absolute atomic E-state index is 13.0. The van der Waals surface area contributed by atoms with Gasteiger partial charge >= 0.3 is 0 Å². The van der Waals surface area contributed by atoms with Gasteiger partial charge in [0.05, 0.1) is 25.4 Å². The van der Waals surface area contributed by atoms with Gasteiger partial charge in [0.15, 0.2) is 5.76 Å². The number of fused-ring (bicyclic) bond motifs is 1. The van der Waals surface area contributed by atoms with Crippen LogP contribution in [0, 0.1) is 6.92 Å². The van der Waals surface area contributed by atoms with Crippen molar-refractivity contribution < 1.29 is 19.1 Å². The van der Waals surface area contributed by atoms with Crippen LogP contribution in [0.1, 0.15) is 41.9 Å². The summed E-state index contributed by atoms with van der Waals surface area (Å²) in [5.41, 5.74) is 2.84. The number of likely N-dealkylation sites (N-methyl/N-ethyl adjacent to an activating group) is 1. The van der Waals surface area contributed by atoms with Crippen molar-refractivity contribution in [3.05, 3.63) is 35.1 Å². The fourth-order valence-electron chi connectivity index (χ4n) is 3.40. The summed E-state index contributed by atoms with van der Waals surface area (Å²) in [6, 6.07) is 5.78. The lowest BCUT2D eigenvalue weighted by Gasteiger charge is -2.28. The van der Waals surface area contributed by atoms with Gasteiger partial charge in [0.25, 0.3) is 5.91 Å². The van der Waals surface area contributed by atoms with E-state index in [9.17, 15) is 9.90 Å². The van der Waals surface area contributed by atoms with Gasteiger partial charge in [0, 0.05) is 17.5 Å². The van der Waals surface area contributed by atoms with Crippen LogP contribution in [0.4, 0.5) is 0 Å². The minimum atomic E-state index is -0.644. The van der Waals surface area contributed by atoms with Gasteiger partial charge in [-0.05, 0) is 38.0 Å². The molecule has 1 aromatic carbocycles. The van der Waals surface area contributed by atoms with Crippen molar-refractivity contribution in [1.82, 2.24) is 4.90 Å². The molecule has 1 N–H and O–H groups in total. The van der Waals surface area contributed by atoms with E-state index in [1.54, 1.807) is 4.90 Å². The van der Waals surface area contributed by atoms with Crippen LogP contribution in [0.15, 0.2) is 22.6 Å². The summed E-state index contributed by atoms with van der Waals surface area (Å²) in [6.45, 7) is 7.11. The molecule has 3 rings (SSSR count). The molecule has 0 spiro atoms. The molecular formula is C19H25NO4. The van der Waals surface area contributed by atoms with E-state index in [2.05, 4.69) is 19.1 Å². The third kappa shape index (κ3) is 2.94. The number of rotatable bonds is 5. The van der Waals surface area contributed by atoms with Crippen LogP contribution >= 0.6 is 0 Å². The highest BCUT2D eigenvalue weighted by Gasteiger charge is 2.35. The smallest absolute Gasteiger partial charge is 0.290 e. The van der Waals surface area contributed by atoms with Gasteiger partial charge in [-0.15, -0.1) is 0 Å². The Labute approximate surface area is 142 Å². The van der Waals surface area contributed by atoms with Gasteiger partial charge in [-0.25, -0.2) is 0 Å². The van der Waals surface area contributed by atoms with Crippen molar-refractivity contribution >= 4 is 16.9 Å². The number of carbonyl (C=O) groups excluding carboxylic acids is 1. The Bertz CT molecular complexity index is 736. The third-order valence-electron chi connectivity index (χ3n) is 4.76. The van der Waals surface area contributed by atoms with E-state index in [1.165, 1.54) is 5.56 Å². The summed E-state index contributed by atoms with van der Waals surface area (Å²) in [7, 11) is 0. The first-order chi connectivity index (χ1) is 11.6. The molecule has 5 nitrogen and oxygen atoms in total. The summed E-state index contributed by atoms with van der Waals surface area (Å²) < 4.78 is 11.2. The minimum absolute atomic E-state index is 0.183. The van der Waals surface area contributed by atoms with Crippen LogP contribution in [-0.4, -0.2) is 47.8 Å². The van der Waals surface area contributed by atoms with E-state index in [4.69, 9.17) is 9.15 Å². The first-order valence-corrected chi connectivity index (χ1v) is 8.65. The molecule has 2 heterocycles. The normalized spacial score (nSPS) is 20.7. The fraction of sp³-hybridized carbons (Fsp3) is 0.526. The average Bonchev–Trinajstić information content (AvgIpc) is 3.13. The van der Waals surface area contributed by atoms with Crippen molar-refractivity contribution in [3.63, 3.8) is 0 Å². The second-order valence-electron chi connectivity index (χ2n) is 6.40. The topological polar surface area (TPSA) is 62.9 Å². The van der Waals surface area contributed by atoms with Crippen LogP contribution in [0.25, 0.3) is 11.0 Å². The molecule has 1 aliphatic heterocycles. The third-order valence-corrected chi connectivity index (χ3v) is 4.76. The molecule has 2 atom stereocenters. The number of hydrogen-bond donors (Lipinski definition) is 1. The second-order valence-corrected chi connectivity index (χ2v) is 6.40. The molecule has 1 aromatic heterocycles. The fourth-order valence-corrected chi connectivity index (χ4v) is 3.40. The monoisotopic (exact) mass is 331 g/mol. The Balaban J connectivity index is 1.95. The van der Waals surface area contributed by atoms with Crippen molar-refractivity contribution in [2.24, 2.45) is 0 Å². The van der Waals surface area contributed by atoms with Gasteiger partial charge in [0.2, 0.25) is 0 Å². The summed E-state index contributed by atoms with van der Waals surface area (Å²) in [5, 5.41) is 11.0. The lowest BCUT2D eigenvalue weighted by Crippen LogP contribution is -2.46. The molecule has 1 amide bonds. The van der Waals surface area contributed by atoms with Gasteiger partial charge < -0.3 is 19.2 Å². The Hall–Kier alpha value is -1.85. The first kappa shape index (κ1) is 17.0. The highest BCUT2D eigenvalue weighted by molar-refractivity contribution is 5.99. The molecule has 2 aromatic rings. The zero-order valence-corrected chi connectivity index (χ0v) is 14.5. The molecule has 0 aliphatic carbocycles. The molecule has 0 unspecified atom stereocenters. The quantitative estimate of drug-likeness (QED) is 0.915. The molecule has 0 saturated carbocycles. The number of benzene rings is 1. The Kier molecular flexibility index (Phi) is 4.92. The van der Waals surface area contributed by atoms with Crippen molar-refractivity contribution in [1.29, 1.82) is 0 Å². The molecule has 0 bridgehead atoms. The zero-order valence-electron chi connectivity index (χ0n) is 14.5. The molecule has 1 fully saturated rings. The molecular weight excluding hydrogens is 306 g/mol. The number of nitrogens with zero attached hydrogens (tertiary/aromatic N) is 1. The largest absolute Gasteiger partial charge is 0.451 e. The van der Waals surface area contributed by atoms with Gasteiger partial charge in [-0.3, -0.25) is 4.79 Å². The van der Waals surface area contributed by atoms with Crippen LogP contribution in [0.3, 0.4) is 0 Å². The number of amides is 1. The SMILES string of the molecule is CCCc1ccc2oc(C(=O)N(CC)[C@H]3COC[C@@H]3O)c(C)c2c1. The predicted octanol–water partition coefficient (Wildman–Crippen LogP) is 2.92. The number of carbonyl (C=O) groups is 1. The molecule has 130 valence electrons. The van der Waals surface area contributed by atoms with E-state index in [0.29, 0.717) is 18.9 Å². The molecule has 5 heteroatoms. The first-order valence-electron chi connectivity index (χ1n) is 8.65. The van der Waals surface area contributed by atoms with Crippen LogP contribution in [0.5, 0.6) is 0 Å². The zero-order chi connectivity index (χ0) is 17.3. The minimum Gasteiger partial charge on any atom is -0.451 e. The summed E-state index contributed by atoms with van der Waals surface area (Å²) in [5.74, 6) is 0.178. The van der Waals surface area contributed by atoms with Gasteiger partial charge in [-0.1, -0.05) is 19.4 Å². The number of aryl methyl sites for hydroxylation is 2. The number of aliphatic hydroxyl groups is 1. The van der Waals surface area contributed by atoms with Crippen molar-refractivity contribution in [3.8, 4) is 0 Å². The Morgan fingerprint density at radius 1 is 1.33 bits per heavy atom. The molecule has 24 heavy (non-hydrogen) atoms. The Morgan fingerprint density at radius 2 is 2.12 bits per heavy atom. The number of ether oxygens (including phenoxy) is 1. The number of hydrogen-bond acceptors (Lipinski definition) is 4. The van der Waals surface area contributed by atoms with Crippen LogP contribution in [0.2, 0.25) is 0 Å². The molecule has 0 radical (unpaired) electrons. The highest BCUT2D eigenvalue weighted by Crippen LogP contribution is 2.28. The number of aliphatic hydroxyl groups excluding tert-OH is 1. The summed E-state index contributed by atoms with van der Waals surface area (Å²) in [6.07, 6.45) is 1.45. The molecule has 1 saturated heterocycles. The summed E-state index contributed by atoms with van der Waals surface area (Å²) in [4.78, 5) is 14.6. The summed E-state index contributed by atoms with van der Waals surface area (Å²) >= 11 is 0. The molecule has 1 aliphatic rings. The highest BCUT2D eigenvalue weighted by atomic mass is 16.5. The van der Waals surface area contributed by atoms with E-state index in [-0.39, 0.29) is 18.6 Å². The maximum atomic E-state index is 13.0. The van der Waals surface area contributed by atoms with Crippen molar-refractivity contribution in [2.75, 3.05) is 19.8 Å². The van der Waals surface area contributed by atoms with E-state index >= 15 is 0 Å². The average molecular weight is 331 g/mol. The van der Waals surface area contributed by atoms with Crippen LogP contribution in [-0.2, 0) is 11.2 Å². The van der Waals surface area contributed by atoms with E-state index < -0.39 is 6.10 Å². The van der Waals surface area contributed by atoms with E-state index in [1.807, 2.05) is 19.9 Å². The van der Waals surface area contributed by atoms with Gasteiger partial charge in [0.1, 0.15) is 5.58 Å². The maximum Gasteiger partial charge on any atom is 0.290 e. The predicted molar refractivity (Wildman–Crippen MR) is 92.3 cm³/mol. The standard InChI is InChI=1S/C19H25NO4/c1-4-6-13-7-8-17-14(9-13)12(3)18(24-17)19(22)20(5-2)15-10-23-11-16(15)21/h7-9,15-16,21H,4-6,10-11H2,1-3H3/t15-,16-/m0/s1. The lowest BCUT2D eigenvalue weighted by atomic mass is 10.0. The van der Waals surface area contributed by atoms with Gasteiger partial charge in [-0.2, -0.15) is 0 Å². The number of furan rings is 1. The van der Waals surface area contributed by atoms with Crippen molar-refractivity contribution in [2.45, 2.75) is 45.8 Å². The van der Waals surface area contributed by atoms with E-state index in [0.717, 1.165) is 29.4 Å². The second kappa shape index (κ2) is 6.95. The lowest BCUT2D eigenvalue weighted by molar-refractivity contribution is 0.0493. The Morgan fingerprint density at radius 3 is 2.75 bits per heavy atom.